The lowest BCUT2D eigenvalue weighted by Crippen LogP contribution is -1.83. The molecule has 0 spiro atoms. The number of nitrogens with zero attached hydrogens (tertiary/aromatic N) is 1. The Morgan fingerprint density at radius 3 is 2.44 bits per heavy atom. The number of hydrogen-bond donors (Lipinski definition) is 0. The molecule has 0 saturated heterocycles. The zero-order valence-corrected chi connectivity index (χ0v) is 8.71. The number of hydrogen-bond acceptors (Lipinski definition) is 2. The molecule has 2 rings (SSSR count). The standard InChI is InChI=1S/C14H11NO/c16-10-4-5-12-8-9-14(15-11-12)13-6-2-1-3-7-13/h1-11H/b5-4+. The summed E-state index contributed by atoms with van der Waals surface area (Å²) in [4.78, 5) is 14.5. The number of carbonyl (C=O) groups is 1. The molecule has 78 valence electrons. The molecule has 1 heterocycles. The molecule has 2 aromatic rings. The van der Waals surface area contributed by atoms with Crippen molar-refractivity contribution in [3.05, 3.63) is 60.3 Å². The van der Waals surface area contributed by atoms with Gasteiger partial charge in [0.25, 0.3) is 0 Å². The van der Waals surface area contributed by atoms with Crippen molar-refractivity contribution in [3.63, 3.8) is 0 Å². The van der Waals surface area contributed by atoms with Gasteiger partial charge in [0.1, 0.15) is 6.29 Å². The van der Waals surface area contributed by atoms with Crippen molar-refractivity contribution >= 4 is 12.4 Å². The first-order chi connectivity index (χ1) is 7.90. The van der Waals surface area contributed by atoms with Crippen LogP contribution in [0, 0.1) is 0 Å². The Balaban J connectivity index is 2.26. The highest BCUT2D eigenvalue weighted by atomic mass is 16.1. The van der Waals surface area contributed by atoms with E-state index >= 15 is 0 Å². The van der Waals surface area contributed by atoms with Crippen LogP contribution >= 0.6 is 0 Å². The summed E-state index contributed by atoms with van der Waals surface area (Å²) < 4.78 is 0. The summed E-state index contributed by atoms with van der Waals surface area (Å²) >= 11 is 0. The highest BCUT2D eigenvalue weighted by Crippen LogP contribution is 2.16. The minimum Gasteiger partial charge on any atom is -0.299 e. The summed E-state index contributed by atoms with van der Waals surface area (Å²) in [7, 11) is 0. The van der Waals surface area contributed by atoms with E-state index < -0.39 is 0 Å². The molecule has 2 heteroatoms. The first kappa shape index (κ1) is 10.3. The van der Waals surface area contributed by atoms with Crippen molar-refractivity contribution in [2.24, 2.45) is 0 Å². The first-order valence-electron chi connectivity index (χ1n) is 5.03. The molecule has 0 aliphatic rings. The van der Waals surface area contributed by atoms with E-state index in [0.717, 1.165) is 23.1 Å². The van der Waals surface area contributed by atoms with E-state index in [1.54, 1.807) is 12.3 Å². The number of aldehydes is 1. The van der Waals surface area contributed by atoms with Crippen LogP contribution in [0.25, 0.3) is 17.3 Å². The van der Waals surface area contributed by atoms with Gasteiger partial charge < -0.3 is 0 Å². The molecule has 16 heavy (non-hydrogen) atoms. The zero-order valence-electron chi connectivity index (χ0n) is 8.71. The summed E-state index contributed by atoms with van der Waals surface area (Å²) in [6, 6.07) is 13.9. The second kappa shape index (κ2) is 5.03. The Morgan fingerprint density at radius 1 is 1.00 bits per heavy atom. The predicted molar refractivity (Wildman–Crippen MR) is 64.8 cm³/mol. The van der Waals surface area contributed by atoms with Crippen LogP contribution < -0.4 is 0 Å². The maximum atomic E-state index is 10.2. The molecule has 0 aliphatic carbocycles. The van der Waals surface area contributed by atoms with Crippen molar-refractivity contribution in [1.82, 2.24) is 4.98 Å². The Labute approximate surface area is 94.3 Å². The number of carbonyl (C=O) groups excluding carboxylic acids is 1. The summed E-state index contributed by atoms with van der Waals surface area (Å²) in [6.45, 7) is 0. The van der Waals surface area contributed by atoms with Gasteiger partial charge in [-0.05, 0) is 17.7 Å². The average molecular weight is 209 g/mol. The van der Waals surface area contributed by atoms with Gasteiger partial charge in [0.15, 0.2) is 0 Å². The second-order valence-electron chi connectivity index (χ2n) is 3.34. The topological polar surface area (TPSA) is 30.0 Å². The van der Waals surface area contributed by atoms with E-state index in [0.29, 0.717) is 0 Å². The van der Waals surface area contributed by atoms with Crippen molar-refractivity contribution in [2.45, 2.75) is 0 Å². The Morgan fingerprint density at radius 2 is 1.81 bits per heavy atom. The van der Waals surface area contributed by atoms with Gasteiger partial charge in [-0.1, -0.05) is 42.5 Å². The molecule has 0 saturated carbocycles. The van der Waals surface area contributed by atoms with Crippen LogP contribution in [0.4, 0.5) is 0 Å². The van der Waals surface area contributed by atoms with Crippen LogP contribution in [0.3, 0.4) is 0 Å². The van der Waals surface area contributed by atoms with E-state index in [1.807, 2.05) is 42.5 Å². The Hall–Kier alpha value is -2.22. The summed E-state index contributed by atoms with van der Waals surface area (Å²) in [6.07, 6.45) is 5.70. The molecule has 2 nitrogen and oxygen atoms in total. The van der Waals surface area contributed by atoms with E-state index in [1.165, 1.54) is 6.08 Å². The molecule has 1 aromatic heterocycles. The third-order valence-electron chi connectivity index (χ3n) is 2.22. The predicted octanol–water partition coefficient (Wildman–Crippen LogP) is 2.96. The Kier molecular flexibility index (Phi) is 3.24. The molecule has 0 radical (unpaired) electrons. The van der Waals surface area contributed by atoms with Gasteiger partial charge in [0, 0.05) is 11.8 Å². The number of benzene rings is 1. The summed E-state index contributed by atoms with van der Waals surface area (Å²) in [5.41, 5.74) is 2.95. The zero-order chi connectivity index (χ0) is 11.2. The lowest BCUT2D eigenvalue weighted by Gasteiger charge is -2.00. The number of pyridine rings is 1. The molecule has 0 unspecified atom stereocenters. The first-order valence-corrected chi connectivity index (χ1v) is 5.03. The third-order valence-corrected chi connectivity index (χ3v) is 2.22. The van der Waals surface area contributed by atoms with Crippen LogP contribution in [0.15, 0.2) is 54.7 Å². The summed E-state index contributed by atoms with van der Waals surface area (Å²) in [5, 5.41) is 0. The fourth-order valence-electron chi connectivity index (χ4n) is 1.43. The fourth-order valence-corrected chi connectivity index (χ4v) is 1.43. The van der Waals surface area contributed by atoms with Crippen molar-refractivity contribution < 1.29 is 4.79 Å². The average Bonchev–Trinajstić information content (AvgIpc) is 2.38. The normalized spacial score (nSPS) is 10.5. The van der Waals surface area contributed by atoms with Gasteiger partial charge in [-0.2, -0.15) is 0 Å². The van der Waals surface area contributed by atoms with E-state index in [9.17, 15) is 4.79 Å². The van der Waals surface area contributed by atoms with Gasteiger partial charge in [-0.25, -0.2) is 0 Å². The third kappa shape index (κ3) is 2.42. The maximum absolute atomic E-state index is 10.2. The second-order valence-corrected chi connectivity index (χ2v) is 3.34. The van der Waals surface area contributed by atoms with E-state index in [4.69, 9.17) is 0 Å². The van der Waals surface area contributed by atoms with Crippen molar-refractivity contribution in [1.29, 1.82) is 0 Å². The number of allylic oxidation sites excluding steroid dienone is 1. The molecule has 1 aromatic carbocycles. The largest absolute Gasteiger partial charge is 0.299 e. The quantitative estimate of drug-likeness (QED) is 0.574. The van der Waals surface area contributed by atoms with Crippen LogP contribution in [-0.2, 0) is 4.79 Å². The molecular weight excluding hydrogens is 198 g/mol. The minimum absolute atomic E-state index is 0.755. The highest BCUT2D eigenvalue weighted by molar-refractivity contribution is 5.74. The van der Waals surface area contributed by atoms with Crippen LogP contribution in [0.1, 0.15) is 5.56 Å². The van der Waals surface area contributed by atoms with Crippen LogP contribution in [0.2, 0.25) is 0 Å². The van der Waals surface area contributed by atoms with Crippen LogP contribution in [0.5, 0.6) is 0 Å². The molecule has 0 fully saturated rings. The minimum atomic E-state index is 0.755. The Bertz CT molecular complexity index is 486. The van der Waals surface area contributed by atoms with E-state index in [2.05, 4.69) is 4.98 Å². The molecule has 0 bridgehead atoms. The number of aromatic nitrogens is 1. The molecule has 0 N–H and O–H groups in total. The lowest BCUT2D eigenvalue weighted by atomic mass is 10.1. The monoisotopic (exact) mass is 209 g/mol. The van der Waals surface area contributed by atoms with Gasteiger partial charge in [0.05, 0.1) is 5.69 Å². The maximum Gasteiger partial charge on any atom is 0.142 e. The molecule has 0 aliphatic heterocycles. The van der Waals surface area contributed by atoms with Crippen LogP contribution in [-0.4, -0.2) is 11.3 Å². The molecule has 0 amide bonds. The van der Waals surface area contributed by atoms with Crippen molar-refractivity contribution in [3.8, 4) is 11.3 Å². The van der Waals surface area contributed by atoms with Gasteiger partial charge in [-0.3, -0.25) is 9.78 Å². The lowest BCUT2D eigenvalue weighted by molar-refractivity contribution is -0.104. The summed E-state index contributed by atoms with van der Waals surface area (Å²) in [5.74, 6) is 0. The van der Waals surface area contributed by atoms with Gasteiger partial charge in [0.2, 0.25) is 0 Å². The smallest absolute Gasteiger partial charge is 0.142 e. The van der Waals surface area contributed by atoms with E-state index in [-0.39, 0.29) is 0 Å². The SMILES string of the molecule is O=C/C=C/c1ccc(-c2ccccc2)nc1. The highest BCUT2D eigenvalue weighted by Gasteiger charge is 1.96. The molecule has 0 atom stereocenters. The van der Waals surface area contributed by atoms with Gasteiger partial charge >= 0.3 is 0 Å². The van der Waals surface area contributed by atoms with Crippen molar-refractivity contribution in [2.75, 3.05) is 0 Å². The fraction of sp³-hybridized carbons (Fsp3) is 0. The molecular formula is C14H11NO. The van der Waals surface area contributed by atoms with Gasteiger partial charge in [-0.15, -0.1) is 0 Å². The number of rotatable bonds is 3.